The molecule has 4 nitrogen and oxygen atoms in total. The van der Waals surface area contributed by atoms with Crippen molar-refractivity contribution in [2.45, 2.75) is 43.8 Å². The van der Waals surface area contributed by atoms with Crippen molar-refractivity contribution in [1.29, 1.82) is 0 Å². The monoisotopic (exact) mass is 214 g/mol. The van der Waals surface area contributed by atoms with Gasteiger partial charge in [-0.25, -0.2) is 0 Å². The van der Waals surface area contributed by atoms with Gasteiger partial charge in [0, 0.05) is 7.11 Å². The second-order valence-electron chi connectivity index (χ2n) is 4.68. The van der Waals surface area contributed by atoms with E-state index in [9.17, 15) is 0 Å². The summed E-state index contributed by atoms with van der Waals surface area (Å²) < 4.78 is 22.5. The quantitative estimate of drug-likeness (QED) is 0.594. The molecule has 2 fully saturated rings. The molecule has 2 aliphatic rings. The molecule has 2 heterocycles. The SMILES string of the molecule is BC1OC2(COC(C)C)COC2C1OC. The summed E-state index contributed by atoms with van der Waals surface area (Å²) in [4.78, 5) is 0. The smallest absolute Gasteiger partial charge is 0.143 e. The first-order valence-corrected chi connectivity index (χ1v) is 5.53. The van der Waals surface area contributed by atoms with Crippen molar-refractivity contribution in [3.63, 3.8) is 0 Å². The van der Waals surface area contributed by atoms with Crippen LogP contribution in [-0.4, -0.2) is 58.1 Å². The van der Waals surface area contributed by atoms with Crippen LogP contribution in [0.4, 0.5) is 0 Å². The predicted molar refractivity (Wildman–Crippen MR) is 57.8 cm³/mol. The third kappa shape index (κ3) is 1.82. The topological polar surface area (TPSA) is 36.9 Å². The van der Waals surface area contributed by atoms with E-state index in [-0.39, 0.29) is 29.9 Å². The molecule has 2 saturated heterocycles. The Hall–Kier alpha value is -0.0951. The molecule has 4 atom stereocenters. The van der Waals surface area contributed by atoms with Crippen LogP contribution in [0.25, 0.3) is 0 Å². The maximum Gasteiger partial charge on any atom is 0.143 e. The number of fused-ring (bicyclic) bond motifs is 1. The lowest BCUT2D eigenvalue weighted by Crippen LogP contribution is -2.62. The highest BCUT2D eigenvalue weighted by Crippen LogP contribution is 2.41. The molecule has 0 amide bonds. The fourth-order valence-corrected chi connectivity index (χ4v) is 2.32. The zero-order chi connectivity index (χ0) is 11.1. The van der Waals surface area contributed by atoms with Gasteiger partial charge in [-0.05, 0) is 13.8 Å². The molecule has 86 valence electrons. The average Bonchev–Trinajstić information content (AvgIpc) is 2.34. The Balaban J connectivity index is 1.98. The predicted octanol–water partition coefficient (Wildman–Crippen LogP) is -0.447. The molecule has 15 heavy (non-hydrogen) atoms. The molecule has 0 aromatic carbocycles. The highest BCUT2D eigenvalue weighted by molar-refractivity contribution is 6.11. The molecule has 0 saturated carbocycles. The maximum absolute atomic E-state index is 5.93. The van der Waals surface area contributed by atoms with Crippen molar-refractivity contribution in [3.05, 3.63) is 0 Å². The van der Waals surface area contributed by atoms with Crippen LogP contribution in [0.15, 0.2) is 0 Å². The van der Waals surface area contributed by atoms with Crippen molar-refractivity contribution < 1.29 is 18.9 Å². The first kappa shape index (κ1) is 11.4. The van der Waals surface area contributed by atoms with Gasteiger partial charge in [-0.1, -0.05) is 0 Å². The molecule has 2 rings (SSSR count). The molecule has 4 unspecified atom stereocenters. The Kier molecular flexibility index (Phi) is 3.08. The molecule has 0 bridgehead atoms. The Morgan fingerprint density at radius 2 is 2.27 bits per heavy atom. The van der Waals surface area contributed by atoms with E-state index in [1.165, 1.54) is 0 Å². The van der Waals surface area contributed by atoms with Gasteiger partial charge in [0.2, 0.25) is 0 Å². The van der Waals surface area contributed by atoms with Crippen LogP contribution in [0.1, 0.15) is 13.8 Å². The van der Waals surface area contributed by atoms with Crippen molar-refractivity contribution >= 4 is 7.85 Å². The summed E-state index contributed by atoms with van der Waals surface area (Å²) in [7, 11) is 3.72. The van der Waals surface area contributed by atoms with Crippen LogP contribution in [-0.2, 0) is 18.9 Å². The van der Waals surface area contributed by atoms with Crippen molar-refractivity contribution in [2.75, 3.05) is 20.3 Å². The zero-order valence-electron chi connectivity index (χ0n) is 9.86. The first-order chi connectivity index (χ1) is 7.09. The Morgan fingerprint density at radius 1 is 1.53 bits per heavy atom. The molecule has 0 aliphatic carbocycles. The summed E-state index contributed by atoms with van der Waals surface area (Å²) in [6.07, 6.45) is 0.298. The summed E-state index contributed by atoms with van der Waals surface area (Å²) in [5, 5.41) is 0. The molecular weight excluding hydrogens is 195 g/mol. The lowest BCUT2D eigenvalue weighted by molar-refractivity contribution is -0.250. The minimum absolute atomic E-state index is 0.0366. The minimum atomic E-state index is -0.260. The van der Waals surface area contributed by atoms with E-state index in [0.29, 0.717) is 13.2 Å². The minimum Gasteiger partial charge on any atom is -0.377 e. The van der Waals surface area contributed by atoms with Gasteiger partial charge in [-0.3, -0.25) is 0 Å². The van der Waals surface area contributed by atoms with Gasteiger partial charge in [0.1, 0.15) is 25.7 Å². The lowest BCUT2D eigenvalue weighted by atomic mass is 9.86. The normalized spacial score (nSPS) is 44.1. The van der Waals surface area contributed by atoms with Gasteiger partial charge in [0.15, 0.2) is 0 Å². The van der Waals surface area contributed by atoms with E-state index in [1.807, 2.05) is 21.7 Å². The van der Waals surface area contributed by atoms with E-state index < -0.39 is 0 Å². The van der Waals surface area contributed by atoms with E-state index in [2.05, 4.69) is 0 Å². The van der Waals surface area contributed by atoms with Gasteiger partial charge in [-0.2, -0.15) is 0 Å². The maximum atomic E-state index is 5.93. The Bertz CT molecular complexity index is 235. The van der Waals surface area contributed by atoms with Crippen LogP contribution in [0.2, 0.25) is 0 Å². The lowest BCUT2D eigenvalue weighted by Gasteiger charge is -2.44. The molecule has 2 aliphatic heterocycles. The highest BCUT2D eigenvalue weighted by atomic mass is 16.7. The van der Waals surface area contributed by atoms with E-state index in [1.54, 1.807) is 7.11 Å². The summed E-state index contributed by atoms with van der Waals surface area (Å²) >= 11 is 0. The third-order valence-corrected chi connectivity index (χ3v) is 3.14. The number of hydrogen-bond donors (Lipinski definition) is 0. The number of methoxy groups -OCH3 is 1. The summed E-state index contributed by atoms with van der Waals surface area (Å²) in [5.74, 6) is 0. The van der Waals surface area contributed by atoms with Gasteiger partial charge in [0.25, 0.3) is 0 Å². The first-order valence-electron chi connectivity index (χ1n) is 5.53. The standard InChI is InChI=1S/C10H19BO4/c1-6(2)13-4-10-5-14-8(10)7(12-3)9(11)15-10/h6-9H,4-5,11H2,1-3H3. The number of hydrogen-bond acceptors (Lipinski definition) is 4. The molecular formula is C10H19BO4. The van der Waals surface area contributed by atoms with Crippen LogP contribution < -0.4 is 0 Å². The largest absolute Gasteiger partial charge is 0.377 e. The molecule has 0 spiro atoms. The molecule has 5 heteroatoms. The van der Waals surface area contributed by atoms with Gasteiger partial charge < -0.3 is 18.9 Å². The average molecular weight is 214 g/mol. The molecule has 0 radical (unpaired) electrons. The second kappa shape index (κ2) is 4.05. The van der Waals surface area contributed by atoms with Gasteiger partial charge in [-0.15, -0.1) is 0 Å². The van der Waals surface area contributed by atoms with Crippen molar-refractivity contribution in [3.8, 4) is 0 Å². The summed E-state index contributed by atoms with van der Waals surface area (Å²) in [5.41, 5.74) is -0.260. The van der Waals surface area contributed by atoms with E-state index in [4.69, 9.17) is 18.9 Å². The number of rotatable bonds is 4. The summed E-state index contributed by atoms with van der Waals surface area (Å²) in [6, 6.07) is 0.0817. The van der Waals surface area contributed by atoms with Crippen molar-refractivity contribution in [1.82, 2.24) is 0 Å². The zero-order valence-corrected chi connectivity index (χ0v) is 9.86. The Morgan fingerprint density at radius 3 is 2.73 bits per heavy atom. The van der Waals surface area contributed by atoms with E-state index >= 15 is 0 Å². The molecule has 0 aromatic rings. The number of ether oxygens (including phenoxy) is 4. The molecule has 0 aromatic heterocycles. The van der Waals surface area contributed by atoms with E-state index in [0.717, 1.165) is 0 Å². The third-order valence-electron chi connectivity index (χ3n) is 3.14. The highest BCUT2D eigenvalue weighted by Gasteiger charge is 2.61. The van der Waals surface area contributed by atoms with Crippen LogP contribution in [0.3, 0.4) is 0 Å². The van der Waals surface area contributed by atoms with Crippen LogP contribution >= 0.6 is 0 Å². The Labute approximate surface area is 91.6 Å². The van der Waals surface area contributed by atoms with Gasteiger partial charge >= 0.3 is 0 Å². The van der Waals surface area contributed by atoms with Crippen molar-refractivity contribution in [2.24, 2.45) is 0 Å². The summed E-state index contributed by atoms with van der Waals surface area (Å²) in [6.45, 7) is 5.27. The van der Waals surface area contributed by atoms with Crippen LogP contribution in [0.5, 0.6) is 0 Å². The van der Waals surface area contributed by atoms with Crippen LogP contribution in [0, 0.1) is 0 Å². The molecule has 0 N–H and O–H groups in total. The second-order valence-corrected chi connectivity index (χ2v) is 4.68. The van der Waals surface area contributed by atoms with Gasteiger partial charge in [0.05, 0.1) is 25.3 Å². The fraction of sp³-hybridized carbons (Fsp3) is 1.00. The fourth-order valence-electron chi connectivity index (χ4n) is 2.32.